The monoisotopic (exact) mass is 451 g/mol. The number of halogens is 2. The van der Waals surface area contributed by atoms with Crippen molar-refractivity contribution in [3.8, 4) is 0 Å². The number of carbonyl (C=O) groups is 2. The molecule has 0 spiro atoms. The molecule has 2 aromatic carbocycles. The van der Waals surface area contributed by atoms with E-state index in [0.29, 0.717) is 18.7 Å². The van der Waals surface area contributed by atoms with Crippen LogP contribution in [-0.4, -0.2) is 37.6 Å². The summed E-state index contributed by atoms with van der Waals surface area (Å²) in [6, 6.07) is 8.08. The zero-order valence-corrected chi connectivity index (χ0v) is 17.4. The Morgan fingerprint density at radius 1 is 1.17 bits per heavy atom. The van der Waals surface area contributed by atoms with Gasteiger partial charge in [-0.05, 0) is 48.7 Å². The first-order valence-electron chi connectivity index (χ1n) is 9.45. The maximum Gasteiger partial charge on any atom is 0.244 e. The molecule has 2 aromatic rings. The molecule has 2 heterocycles. The van der Waals surface area contributed by atoms with E-state index in [9.17, 15) is 22.4 Å². The lowest BCUT2D eigenvalue weighted by Gasteiger charge is -2.25. The first-order valence-corrected chi connectivity index (χ1v) is 11.3. The molecule has 1 fully saturated rings. The Hall–Kier alpha value is -2.49. The number of nitrogens with one attached hydrogen (secondary N) is 2. The highest BCUT2D eigenvalue weighted by atomic mass is 35.5. The fraction of sp³-hybridized carbons (Fsp3) is 0.300. The van der Waals surface area contributed by atoms with Crippen LogP contribution in [0.3, 0.4) is 0 Å². The third-order valence-corrected chi connectivity index (χ3v) is 7.63. The largest absolute Gasteiger partial charge is 0.326 e. The Kier molecular flexibility index (Phi) is 5.52. The van der Waals surface area contributed by atoms with E-state index in [1.54, 1.807) is 0 Å². The topological polar surface area (TPSA) is 95.6 Å². The van der Waals surface area contributed by atoms with Crippen LogP contribution in [0.2, 0.25) is 5.02 Å². The molecular formula is C20H19ClFN3O4S. The molecule has 1 atom stereocenters. The zero-order chi connectivity index (χ0) is 21.5. The molecule has 7 nitrogen and oxygen atoms in total. The molecule has 158 valence electrons. The SMILES string of the molecule is O=C1CC(C(=O)Nc2ccc(Cl)c(S(=O)(=O)N3CCCC3)c2)c2ccc(F)cc2N1. The highest BCUT2D eigenvalue weighted by Crippen LogP contribution is 2.34. The number of anilines is 2. The van der Waals surface area contributed by atoms with Crippen LogP contribution in [0.25, 0.3) is 0 Å². The standard InChI is InChI=1S/C20H19ClFN3O4S/c21-16-6-4-13(10-18(16)30(28,29)25-7-1-2-8-25)23-20(27)15-11-19(26)24-17-9-12(22)3-5-14(15)17/h3-6,9-10,15H,1-2,7-8,11H2,(H,23,27)(H,24,26). The predicted molar refractivity (Wildman–Crippen MR) is 110 cm³/mol. The van der Waals surface area contributed by atoms with E-state index < -0.39 is 33.6 Å². The van der Waals surface area contributed by atoms with E-state index >= 15 is 0 Å². The molecule has 0 aromatic heterocycles. The molecule has 1 saturated heterocycles. The van der Waals surface area contributed by atoms with Crippen LogP contribution in [0.1, 0.15) is 30.7 Å². The van der Waals surface area contributed by atoms with Crippen molar-refractivity contribution in [2.24, 2.45) is 0 Å². The minimum absolute atomic E-state index is 0.0674. The summed E-state index contributed by atoms with van der Waals surface area (Å²) in [6.45, 7) is 0.861. The van der Waals surface area contributed by atoms with Gasteiger partial charge >= 0.3 is 0 Å². The number of nitrogens with zero attached hydrogens (tertiary/aromatic N) is 1. The Balaban J connectivity index is 1.61. The molecule has 0 bridgehead atoms. The van der Waals surface area contributed by atoms with Crippen LogP contribution in [0.15, 0.2) is 41.3 Å². The second-order valence-corrected chi connectivity index (χ2v) is 9.60. The number of rotatable bonds is 4. The van der Waals surface area contributed by atoms with E-state index in [4.69, 9.17) is 11.6 Å². The lowest BCUT2D eigenvalue weighted by molar-refractivity contribution is -0.123. The molecule has 10 heteroatoms. The minimum atomic E-state index is -3.77. The van der Waals surface area contributed by atoms with Gasteiger partial charge in [0, 0.05) is 30.9 Å². The number of fused-ring (bicyclic) bond motifs is 1. The zero-order valence-electron chi connectivity index (χ0n) is 15.8. The van der Waals surface area contributed by atoms with Crippen LogP contribution >= 0.6 is 11.6 Å². The summed E-state index contributed by atoms with van der Waals surface area (Å²) in [4.78, 5) is 24.8. The van der Waals surface area contributed by atoms with Crippen molar-refractivity contribution >= 4 is 44.8 Å². The Labute approximate surface area is 178 Å². The summed E-state index contributed by atoms with van der Waals surface area (Å²) >= 11 is 6.14. The Morgan fingerprint density at radius 3 is 2.63 bits per heavy atom. The van der Waals surface area contributed by atoms with Gasteiger partial charge in [0.05, 0.1) is 10.9 Å². The van der Waals surface area contributed by atoms with Gasteiger partial charge in [-0.15, -0.1) is 0 Å². The first kappa shape index (κ1) is 20.8. The van der Waals surface area contributed by atoms with E-state index in [0.717, 1.165) is 18.9 Å². The van der Waals surface area contributed by atoms with Crippen LogP contribution in [0.4, 0.5) is 15.8 Å². The van der Waals surface area contributed by atoms with Crippen LogP contribution in [-0.2, 0) is 19.6 Å². The molecule has 4 rings (SSSR count). The van der Waals surface area contributed by atoms with Gasteiger partial charge in [-0.25, -0.2) is 12.8 Å². The van der Waals surface area contributed by atoms with Gasteiger partial charge < -0.3 is 10.6 Å². The van der Waals surface area contributed by atoms with Crippen LogP contribution in [0, 0.1) is 5.82 Å². The summed E-state index contributed by atoms with van der Waals surface area (Å²) in [6.07, 6.45) is 1.48. The van der Waals surface area contributed by atoms with E-state index in [-0.39, 0.29) is 27.7 Å². The van der Waals surface area contributed by atoms with E-state index in [1.165, 1.54) is 34.6 Å². The average Bonchev–Trinajstić information content (AvgIpc) is 3.24. The number of hydrogen-bond donors (Lipinski definition) is 2. The average molecular weight is 452 g/mol. The number of benzene rings is 2. The second-order valence-electron chi connectivity index (χ2n) is 7.28. The van der Waals surface area contributed by atoms with Gasteiger partial charge in [0.1, 0.15) is 10.7 Å². The predicted octanol–water partition coefficient (Wildman–Crippen LogP) is 3.33. The van der Waals surface area contributed by atoms with Gasteiger partial charge in [0.15, 0.2) is 0 Å². The Morgan fingerprint density at radius 2 is 1.90 bits per heavy atom. The van der Waals surface area contributed by atoms with Gasteiger partial charge in [-0.3, -0.25) is 9.59 Å². The molecule has 2 aliphatic heterocycles. The number of amides is 2. The minimum Gasteiger partial charge on any atom is -0.326 e. The van der Waals surface area contributed by atoms with Crippen LogP contribution < -0.4 is 10.6 Å². The van der Waals surface area contributed by atoms with Crippen molar-refractivity contribution in [1.82, 2.24) is 4.31 Å². The summed E-state index contributed by atoms with van der Waals surface area (Å²) in [5.74, 6) is -2.25. The third kappa shape index (κ3) is 3.92. The van der Waals surface area contributed by atoms with Gasteiger partial charge in [-0.1, -0.05) is 17.7 Å². The normalized spacial score (nSPS) is 19.3. The number of carbonyl (C=O) groups excluding carboxylic acids is 2. The third-order valence-electron chi connectivity index (χ3n) is 5.25. The molecule has 1 unspecified atom stereocenters. The summed E-state index contributed by atoms with van der Waals surface area (Å²) < 4.78 is 40.6. The van der Waals surface area contributed by atoms with Crippen LogP contribution in [0.5, 0.6) is 0 Å². The van der Waals surface area contributed by atoms with Crippen molar-refractivity contribution < 1.29 is 22.4 Å². The van der Waals surface area contributed by atoms with Gasteiger partial charge in [0.2, 0.25) is 21.8 Å². The van der Waals surface area contributed by atoms with E-state index in [2.05, 4.69) is 10.6 Å². The van der Waals surface area contributed by atoms with Crippen molar-refractivity contribution in [2.75, 3.05) is 23.7 Å². The highest BCUT2D eigenvalue weighted by Gasteiger charge is 2.32. The molecular weight excluding hydrogens is 433 g/mol. The van der Waals surface area contributed by atoms with Gasteiger partial charge in [0.25, 0.3) is 0 Å². The maximum atomic E-state index is 13.5. The molecule has 2 N–H and O–H groups in total. The van der Waals surface area contributed by atoms with Crippen molar-refractivity contribution in [1.29, 1.82) is 0 Å². The fourth-order valence-electron chi connectivity index (χ4n) is 3.75. The summed E-state index contributed by atoms with van der Waals surface area (Å²) in [5.41, 5.74) is 0.990. The highest BCUT2D eigenvalue weighted by molar-refractivity contribution is 7.89. The summed E-state index contributed by atoms with van der Waals surface area (Å²) in [5, 5.41) is 5.29. The summed E-state index contributed by atoms with van der Waals surface area (Å²) in [7, 11) is -3.77. The Bertz CT molecular complexity index is 1130. The lowest BCUT2D eigenvalue weighted by Crippen LogP contribution is -2.31. The fourth-order valence-corrected chi connectivity index (χ4v) is 5.76. The molecule has 0 saturated carbocycles. The smallest absolute Gasteiger partial charge is 0.244 e. The lowest BCUT2D eigenvalue weighted by atomic mass is 9.89. The quantitative estimate of drug-likeness (QED) is 0.745. The van der Waals surface area contributed by atoms with Gasteiger partial charge in [-0.2, -0.15) is 4.31 Å². The number of sulfonamides is 1. The van der Waals surface area contributed by atoms with Crippen molar-refractivity contribution in [2.45, 2.75) is 30.1 Å². The van der Waals surface area contributed by atoms with E-state index in [1.807, 2.05) is 0 Å². The molecule has 30 heavy (non-hydrogen) atoms. The molecule has 0 aliphatic carbocycles. The van der Waals surface area contributed by atoms with Crippen molar-refractivity contribution in [3.05, 3.63) is 52.8 Å². The second kappa shape index (κ2) is 7.98. The maximum absolute atomic E-state index is 13.5. The molecule has 2 aliphatic rings. The molecule has 0 radical (unpaired) electrons. The molecule has 2 amide bonds. The van der Waals surface area contributed by atoms with Crippen molar-refractivity contribution in [3.63, 3.8) is 0 Å². The first-order chi connectivity index (χ1) is 14.3. The number of hydrogen-bond acceptors (Lipinski definition) is 4.